The van der Waals surface area contributed by atoms with E-state index in [4.69, 9.17) is 4.74 Å². The second kappa shape index (κ2) is 7.62. The molecule has 2 aromatic rings. The van der Waals surface area contributed by atoms with Gasteiger partial charge in [-0.05, 0) is 12.1 Å². The number of morpholine rings is 1. The Morgan fingerprint density at radius 1 is 1.32 bits per heavy atom. The van der Waals surface area contributed by atoms with Gasteiger partial charge in [0, 0.05) is 30.3 Å². The standard InChI is InChI=1S/C15H20N4O2S/c20-22(15-4-2-1-3-5-15)9-7-18-6-8-21-14(10-18)11-19-13-16-12-17-19/h1-5,12-14H,6-11H2/t14-,22+/m1/s1. The van der Waals surface area contributed by atoms with Crippen molar-refractivity contribution in [3.63, 3.8) is 0 Å². The van der Waals surface area contributed by atoms with E-state index >= 15 is 0 Å². The fraction of sp³-hybridized carbons (Fsp3) is 0.467. The summed E-state index contributed by atoms with van der Waals surface area (Å²) < 4.78 is 19.8. The summed E-state index contributed by atoms with van der Waals surface area (Å²) in [6.45, 7) is 3.96. The lowest BCUT2D eigenvalue weighted by atomic mass is 10.2. The molecule has 0 saturated carbocycles. The van der Waals surface area contributed by atoms with E-state index in [1.54, 1.807) is 11.0 Å². The minimum Gasteiger partial charge on any atom is -0.374 e. The zero-order chi connectivity index (χ0) is 15.2. The molecule has 1 aromatic heterocycles. The highest BCUT2D eigenvalue weighted by Crippen LogP contribution is 2.09. The molecule has 1 fully saturated rings. The first-order valence-corrected chi connectivity index (χ1v) is 8.73. The molecular formula is C15H20N4O2S. The quantitative estimate of drug-likeness (QED) is 0.787. The number of nitrogens with zero attached hydrogens (tertiary/aromatic N) is 4. The van der Waals surface area contributed by atoms with Gasteiger partial charge in [-0.25, -0.2) is 4.98 Å². The monoisotopic (exact) mass is 320 g/mol. The number of benzene rings is 1. The second-order valence-electron chi connectivity index (χ2n) is 5.27. The second-order valence-corrected chi connectivity index (χ2v) is 6.84. The van der Waals surface area contributed by atoms with E-state index in [1.807, 2.05) is 30.3 Å². The molecule has 2 atom stereocenters. The van der Waals surface area contributed by atoms with Gasteiger partial charge >= 0.3 is 0 Å². The molecule has 0 unspecified atom stereocenters. The van der Waals surface area contributed by atoms with Crippen molar-refractivity contribution in [2.45, 2.75) is 17.5 Å². The average molecular weight is 320 g/mol. The van der Waals surface area contributed by atoms with Crippen molar-refractivity contribution in [1.29, 1.82) is 0 Å². The predicted molar refractivity (Wildman–Crippen MR) is 83.9 cm³/mol. The molecular weight excluding hydrogens is 300 g/mol. The Labute approximate surface area is 132 Å². The summed E-state index contributed by atoms with van der Waals surface area (Å²) in [6.07, 6.45) is 3.34. The Kier molecular flexibility index (Phi) is 5.31. The number of ether oxygens (including phenoxy) is 1. The lowest BCUT2D eigenvalue weighted by molar-refractivity contribution is -0.0355. The summed E-state index contributed by atoms with van der Waals surface area (Å²) >= 11 is 0. The summed E-state index contributed by atoms with van der Waals surface area (Å²) in [7, 11) is -0.938. The van der Waals surface area contributed by atoms with Crippen LogP contribution in [0.15, 0.2) is 47.9 Å². The molecule has 1 aliphatic rings. The lowest BCUT2D eigenvalue weighted by Crippen LogP contribution is -2.45. The SMILES string of the molecule is O=[S@@](CCN1CCO[C@@H](Cn2cncn2)C1)c1ccccc1. The van der Waals surface area contributed by atoms with E-state index < -0.39 is 10.8 Å². The largest absolute Gasteiger partial charge is 0.374 e. The molecule has 0 N–H and O–H groups in total. The third-order valence-corrected chi connectivity index (χ3v) is 5.03. The predicted octanol–water partition coefficient (Wildman–Crippen LogP) is 0.787. The third-order valence-electron chi connectivity index (χ3n) is 3.68. The Balaban J connectivity index is 1.47. The van der Waals surface area contributed by atoms with Crippen LogP contribution in [-0.2, 0) is 22.1 Å². The molecule has 1 aromatic carbocycles. The smallest absolute Gasteiger partial charge is 0.137 e. The molecule has 3 rings (SSSR count). The van der Waals surface area contributed by atoms with Crippen LogP contribution in [0, 0.1) is 0 Å². The van der Waals surface area contributed by atoms with Gasteiger partial charge < -0.3 is 4.74 Å². The van der Waals surface area contributed by atoms with Gasteiger partial charge in [0.05, 0.1) is 30.1 Å². The van der Waals surface area contributed by atoms with Gasteiger partial charge in [0.15, 0.2) is 0 Å². The van der Waals surface area contributed by atoms with Crippen molar-refractivity contribution in [3.05, 3.63) is 43.0 Å². The maximum Gasteiger partial charge on any atom is 0.137 e. The fourth-order valence-electron chi connectivity index (χ4n) is 2.53. The van der Waals surface area contributed by atoms with E-state index in [1.165, 1.54) is 6.33 Å². The van der Waals surface area contributed by atoms with Crippen LogP contribution in [0.2, 0.25) is 0 Å². The molecule has 1 saturated heterocycles. The molecule has 6 nitrogen and oxygen atoms in total. The first-order valence-electron chi connectivity index (χ1n) is 7.41. The van der Waals surface area contributed by atoms with Gasteiger partial charge in [-0.2, -0.15) is 5.10 Å². The van der Waals surface area contributed by atoms with Crippen molar-refractivity contribution < 1.29 is 8.95 Å². The minimum absolute atomic E-state index is 0.112. The van der Waals surface area contributed by atoms with E-state index in [0.717, 1.165) is 24.5 Å². The maximum atomic E-state index is 12.3. The van der Waals surface area contributed by atoms with E-state index in [-0.39, 0.29) is 6.10 Å². The highest BCUT2D eigenvalue weighted by molar-refractivity contribution is 7.85. The summed E-state index contributed by atoms with van der Waals surface area (Å²) in [5.74, 6) is 0.653. The van der Waals surface area contributed by atoms with Crippen LogP contribution >= 0.6 is 0 Å². The van der Waals surface area contributed by atoms with Crippen molar-refractivity contribution in [3.8, 4) is 0 Å². The van der Waals surface area contributed by atoms with E-state index in [0.29, 0.717) is 18.9 Å². The highest BCUT2D eigenvalue weighted by atomic mass is 32.2. The Morgan fingerprint density at radius 3 is 2.95 bits per heavy atom. The van der Waals surface area contributed by atoms with Crippen molar-refractivity contribution in [1.82, 2.24) is 19.7 Å². The topological polar surface area (TPSA) is 60.2 Å². The van der Waals surface area contributed by atoms with Gasteiger partial charge in [0.2, 0.25) is 0 Å². The average Bonchev–Trinajstić information content (AvgIpc) is 3.07. The maximum absolute atomic E-state index is 12.3. The van der Waals surface area contributed by atoms with Gasteiger partial charge in [-0.3, -0.25) is 13.8 Å². The summed E-state index contributed by atoms with van der Waals surface area (Å²) in [4.78, 5) is 7.15. The van der Waals surface area contributed by atoms with Crippen LogP contribution in [-0.4, -0.2) is 62.0 Å². The van der Waals surface area contributed by atoms with Gasteiger partial charge in [-0.15, -0.1) is 0 Å². The lowest BCUT2D eigenvalue weighted by Gasteiger charge is -2.32. The number of aromatic nitrogens is 3. The van der Waals surface area contributed by atoms with Crippen molar-refractivity contribution >= 4 is 10.8 Å². The number of hydrogen-bond acceptors (Lipinski definition) is 5. The highest BCUT2D eigenvalue weighted by Gasteiger charge is 2.21. The molecule has 0 bridgehead atoms. The molecule has 7 heteroatoms. The number of rotatable bonds is 6. The molecule has 0 radical (unpaired) electrons. The van der Waals surface area contributed by atoms with Crippen LogP contribution in [0.1, 0.15) is 0 Å². The zero-order valence-electron chi connectivity index (χ0n) is 12.4. The van der Waals surface area contributed by atoms with Crippen LogP contribution in [0.4, 0.5) is 0 Å². The van der Waals surface area contributed by atoms with Crippen LogP contribution in [0.25, 0.3) is 0 Å². The Hall–Kier alpha value is -1.57. The minimum atomic E-state index is -0.938. The Morgan fingerprint density at radius 2 is 2.18 bits per heavy atom. The molecule has 118 valence electrons. The summed E-state index contributed by atoms with van der Waals surface area (Å²) in [5.41, 5.74) is 0. The first kappa shape index (κ1) is 15.3. The van der Waals surface area contributed by atoms with Crippen LogP contribution in [0.5, 0.6) is 0 Å². The van der Waals surface area contributed by atoms with Crippen LogP contribution in [0.3, 0.4) is 0 Å². The molecule has 0 spiro atoms. The molecule has 1 aliphatic heterocycles. The van der Waals surface area contributed by atoms with E-state index in [2.05, 4.69) is 15.0 Å². The van der Waals surface area contributed by atoms with Crippen molar-refractivity contribution in [2.24, 2.45) is 0 Å². The van der Waals surface area contributed by atoms with E-state index in [9.17, 15) is 4.21 Å². The first-order chi connectivity index (χ1) is 10.8. The van der Waals surface area contributed by atoms with Crippen molar-refractivity contribution in [2.75, 3.05) is 32.0 Å². The normalized spacial score (nSPS) is 20.8. The Bertz CT molecular complexity index is 591. The summed E-state index contributed by atoms with van der Waals surface area (Å²) in [5, 5.41) is 4.11. The molecule has 2 heterocycles. The summed E-state index contributed by atoms with van der Waals surface area (Å²) in [6, 6.07) is 9.63. The van der Waals surface area contributed by atoms with Crippen LogP contribution < -0.4 is 0 Å². The van der Waals surface area contributed by atoms with Gasteiger partial charge in [0.1, 0.15) is 12.7 Å². The third kappa shape index (κ3) is 4.22. The van der Waals surface area contributed by atoms with Gasteiger partial charge in [-0.1, -0.05) is 18.2 Å². The molecule has 0 aliphatic carbocycles. The zero-order valence-corrected chi connectivity index (χ0v) is 13.2. The fourth-order valence-corrected chi connectivity index (χ4v) is 3.65. The number of hydrogen-bond donors (Lipinski definition) is 0. The van der Waals surface area contributed by atoms with Gasteiger partial charge in [0.25, 0.3) is 0 Å². The molecule has 22 heavy (non-hydrogen) atoms. The molecule has 0 amide bonds.